The predicted octanol–water partition coefficient (Wildman–Crippen LogP) is 3.04. The fourth-order valence-electron chi connectivity index (χ4n) is 2.42. The van der Waals surface area contributed by atoms with Crippen molar-refractivity contribution in [1.82, 2.24) is 10.2 Å². The van der Waals surface area contributed by atoms with E-state index in [1.165, 1.54) is 6.07 Å². The number of benzene rings is 1. The Hall–Kier alpha value is -1.27. The van der Waals surface area contributed by atoms with Crippen molar-refractivity contribution in [2.75, 3.05) is 26.7 Å². The molecule has 1 atom stereocenters. The molecular formula is C14H16ClF3N2O. The fraction of sp³-hybridized carbons (Fsp3) is 0.500. The summed E-state index contributed by atoms with van der Waals surface area (Å²) in [6.45, 7) is 2.30. The van der Waals surface area contributed by atoms with Crippen molar-refractivity contribution in [1.29, 1.82) is 0 Å². The first-order valence-corrected chi connectivity index (χ1v) is 6.98. The molecule has 1 fully saturated rings. The van der Waals surface area contributed by atoms with Gasteiger partial charge in [-0.2, -0.15) is 13.2 Å². The SMILES string of the molecule is CN1CC[C@H](CNC(=O)c2cc(Cl)cc(C(F)(F)F)c2)C1. The van der Waals surface area contributed by atoms with Gasteiger partial charge in [-0.3, -0.25) is 4.79 Å². The van der Waals surface area contributed by atoms with Crippen molar-refractivity contribution in [3.05, 3.63) is 34.3 Å². The zero-order valence-electron chi connectivity index (χ0n) is 11.5. The molecule has 21 heavy (non-hydrogen) atoms. The Labute approximate surface area is 126 Å². The summed E-state index contributed by atoms with van der Waals surface area (Å²) >= 11 is 5.66. The second-order valence-electron chi connectivity index (χ2n) is 5.35. The van der Waals surface area contributed by atoms with Crippen LogP contribution in [0.1, 0.15) is 22.3 Å². The van der Waals surface area contributed by atoms with Gasteiger partial charge in [0, 0.05) is 23.7 Å². The number of nitrogens with zero attached hydrogens (tertiary/aromatic N) is 1. The number of halogens is 4. The number of carbonyl (C=O) groups excluding carboxylic acids is 1. The van der Waals surface area contributed by atoms with E-state index < -0.39 is 17.6 Å². The molecule has 0 aromatic heterocycles. The number of alkyl halides is 3. The maximum absolute atomic E-state index is 12.7. The molecule has 1 saturated heterocycles. The molecule has 1 aromatic rings. The van der Waals surface area contributed by atoms with E-state index in [0.29, 0.717) is 12.5 Å². The van der Waals surface area contributed by atoms with Gasteiger partial charge in [-0.25, -0.2) is 0 Å². The normalized spacial score (nSPS) is 19.8. The number of likely N-dealkylation sites (tertiary alicyclic amines) is 1. The fourth-order valence-corrected chi connectivity index (χ4v) is 2.65. The summed E-state index contributed by atoms with van der Waals surface area (Å²) in [5.41, 5.74) is -0.984. The molecule has 1 amide bonds. The van der Waals surface area contributed by atoms with Gasteiger partial charge in [0.05, 0.1) is 5.56 Å². The van der Waals surface area contributed by atoms with E-state index in [1.54, 1.807) is 0 Å². The Bertz CT molecular complexity index is 533. The Morgan fingerprint density at radius 3 is 2.71 bits per heavy atom. The highest BCUT2D eigenvalue weighted by Gasteiger charge is 2.31. The molecule has 1 heterocycles. The minimum Gasteiger partial charge on any atom is -0.352 e. The van der Waals surface area contributed by atoms with Crippen LogP contribution in [-0.2, 0) is 6.18 Å². The maximum atomic E-state index is 12.7. The van der Waals surface area contributed by atoms with Crippen molar-refractivity contribution in [2.24, 2.45) is 5.92 Å². The molecule has 0 radical (unpaired) electrons. The molecule has 0 bridgehead atoms. The minimum absolute atomic E-state index is 0.0684. The largest absolute Gasteiger partial charge is 0.416 e. The van der Waals surface area contributed by atoms with Crippen LogP contribution in [0.2, 0.25) is 5.02 Å². The van der Waals surface area contributed by atoms with Gasteiger partial charge >= 0.3 is 6.18 Å². The Morgan fingerprint density at radius 2 is 2.14 bits per heavy atom. The van der Waals surface area contributed by atoms with Gasteiger partial charge in [-0.15, -0.1) is 0 Å². The Morgan fingerprint density at radius 1 is 1.43 bits per heavy atom. The quantitative estimate of drug-likeness (QED) is 0.928. The third-order valence-corrected chi connectivity index (χ3v) is 3.75. The monoisotopic (exact) mass is 320 g/mol. The topological polar surface area (TPSA) is 32.3 Å². The average molecular weight is 321 g/mol. The van der Waals surface area contributed by atoms with E-state index in [2.05, 4.69) is 10.2 Å². The highest BCUT2D eigenvalue weighted by molar-refractivity contribution is 6.31. The number of nitrogens with one attached hydrogen (secondary N) is 1. The summed E-state index contributed by atoms with van der Waals surface area (Å²) in [6.07, 6.45) is -3.55. The molecule has 3 nitrogen and oxygen atoms in total. The Kier molecular flexibility index (Phi) is 4.78. The van der Waals surface area contributed by atoms with E-state index in [-0.39, 0.29) is 10.6 Å². The van der Waals surface area contributed by atoms with Gasteiger partial charge in [-0.1, -0.05) is 11.6 Å². The van der Waals surface area contributed by atoms with Crippen LogP contribution in [0.4, 0.5) is 13.2 Å². The number of hydrogen-bond acceptors (Lipinski definition) is 2. The van der Waals surface area contributed by atoms with Gasteiger partial charge in [-0.05, 0) is 44.1 Å². The number of hydrogen-bond donors (Lipinski definition) is 1. The second-order valence-corrected chi connectivity index (χ2v) is 5.79. The second kappa shape index (κ2) is 6.23. The standard InChI is InChI=1S/C14H16ClF3N2O/c1-20-3-2-9(8-20)7-19-13(21)10-4-11(14(16,17)18)6-12(15)5-10/h4-6,9H,2-3,7-8H2,1H3,(H,19,21)/t9-/m1/s1. The van der Waals surface area contributed by atoms with Crippen molar-refractivity contribution < 1.29 is 18.0 Å². The molecule has 0 spiro atoms. The van der Waals surface area contributed by atoms with Crippen LogP contribution >= 0.6 is 11.6 Å². The van der Waals surface area contributed by atoms with Crippen LogP contribution in [0.25, 0.3) is 0 Å². The molecule has 0 aliphatic carbocycles. The average Bonchev–Trinajstić information content (AvgIpc) is 2.80. The van der Waals surface area contributed by atoms with Crippen LogP contribution in [0.15, 0.2) is 18.2 Å². The van der Waals surface area contributed by atoms with Gasteiger partial charge in [0.1, 0.15) is 0 Å². The summed E-state index contributed by atoms with van der Waals surface area (Å²) in [6, 6.07) is 2.87. The van der Waals surface area contributed by atoms with Gasteiger partial charge < -0.3 is 10.2 Å². The molecule has 1 N–H and O–H groups in total. The Balaban J connectivity index is 2.03. The first kappa shape index (κ1) is 16.1. The summed E-state index contributed by atoms with van der Waals surface area (Å²) in [4.78, 5) is 14.1. The first-order chi connectivity index (χ1) is 9.75. The van der Waals surface area contributed by atoms with Crippen LogP contribution in [0.5, 0.6) is 0 Å². The third kappa shape index (κ3) is 4.35. The summed E-state index contributed by atoms with van der Waals surface area (Å²) in [5.74, 6) is -0.197. The van der Waals surface area contributed by atoms with Crippen molar-refractivity contribution in [3.8, 4) is 0 Å². The van der Waals surface area contributed by atoms with E-state index >= 15 is 0 Å². The molecule has 0 unspecified atom stereocenters. The molecule has 1 aliphatic rings. The van der Waals surface area contributed by atoms with Crippen molar-refractivity contribution in [2.45, 2.75) is 12.6 Å². The van der Waals surface area contributed by atoms with E-state index in [1.807, 2.05) is 7.05 Å². The summed E-state index contributed by atoms with van der Waals surface area (Å²) < 4.78 is 38.1. The maximum Gasteiger partial charge on any atom is 0.416 e. The lowest BCUT2D eigenvalue weighted by molar-refractivity contribution is -0.137. The number of rotatable bonds is 3. The van der Waals surface area contributed by atoms with E-state index in [0.717, 1.165) is 31.6 Å². The van der Waals surface area contributed by atoms with Gasteiger partial charge in [0.2, 0.25) is 0 Å². The summed E-state index contributed by atoms with van der Waals surface area (Å²) in [7, 11) is 1.99. The molecule has 2 rings (SSSR count). The third-order valence-electron chi connectivity index (χ3n) is 3.53. The molecule has 7 heteroatoms. The molecule has 1 aromatic carbocycles. The highest BCUT2D eigenvalue weighted by Crippen LogP contribution is 2.31. The van der Waals surface area contributed by atoms with E-state index in [4.69, 9.17) is 11.6 Å². The lowest BCUT2D eigenvalue weighted by atomic mass is 10.1. The van der Waals surface area contributed by atoms with E-state index in [9.17, 15) is 18.0 Å². The lowest BCUT2D eigenvalue weighted by Crippen LogP contribution is -2.30. The molecule has 0 saturated carbocycles. The minimum atomic E-state index is -4.52. The zero-order valence-corrected chi connectivity index (χ0v) is 12.3. The van der Waals surface area contributed by atoms with Crippen molar-refractivity contribution in [3.63, 3.8) is 0 Å². The van der Waals surface area contributed by atoms with Crippen molar-refractivity contribution >= 4 is 17.5 Å². The molecular weight excluding hydrogens is 305 g/mol. The summed E-state index contributed by atoms with van der Waals surface area (Å²) in [5, 5.41) is 2.57. The first-order valence-electron chi connectivity index (χ1n) is 6.60. The predicted molar refractivity (Wildman–Crippen MR) is 74.4 cm³/mol. The van der Waals surface area contributed by atoms with Crippen LogP contribution < -0.4 is 5.32 Å². The van der Waals surface area contributed by atoms with Crippen LogP contribution in [0, 0.1) is 5.92 Å². The number of amides is 1. The van der Waals surface area contributed by atoms with Gasteiger partial charge in [0.15, 0.2) is 0 Å². The number of carbonyl (C=O) groups is 1. The molecule has 116 valence electrons. The zero-order chi connectivity index (χ0) is 15.6. The lowest BCUT2D eigenvalue weighted by Gasteiger charge is -2.13. The van der Waals surface area contributed by atoms with Crippen LogP contribution in [0.3, 0.4) is 0 Å². The van der Waals surface area contributed by atoms with Crippen LogP contribution in [-0.4, -0.2) is 37.5 Å². The molecule has 1 aliphatic heterocycles. The highest BCUT2D eigenvalue weighted by atomic mass is 35.5. The van der Waals surface area contributed by atoms with Gasteiger partial charge in [0.25, 0.3) is 5.91 Å². The smallest absolute Gasteiger partial charge is 0.352 e.